The van der Waals surface area contributed by atoms with Gasteiger partial charge in [-0.3, -0.25) is 0 Å². The molecule has 0 fully saturated rings. The van der Waals surface area contributed by atoms with E-state index in [0.29, 0.717) is 11.6 Å². The maximum atomic E-state index is 5.50. The topological polar surface area (TPSA) is 52.0 Å². The van der Waals surface area contributed by atoms with Crippen LogP contribution in [0.5, 0.6) is 0 Å². The Hall–Kier alpha value is -1.42. The average molecular weight is 220 g/mol. The van der Waals surface area contributed by atoms with E-state index in [1.165, 1.54) is 10.5 Å². The second-order valence-electron chi connectivity index (χ2n) is 3.30. The van der Waals surface area contributed by atoms with Crippen LogP contribution in [-0.2, 0) is 0 Å². The van der Waals surface area contributed by atoms with Crippen molar-refractivity contribution in [3.8, 4) is 11.3 Å². The van der Waals surface area contributed by atoms with Gasteiger partial charge in [-0.15, -0.1) is 11.8 Å². The number of rotatable bonds is 2. The number of benzene rings is 1. The normalized spacial score (nSPS) is 10.5. The first-order chi connectivity index (χ1) is 7.20. The highest BCUT2D eigenvalue weighted by Gasteiger charge is 2.06. The molecule has 0 aliphatic carbocycles. The summed E-state index contributed by atoms with van der Waals surface area (Å²) in [6.07, 6.45) is 2.06. The van der Waals surface area contributed by atoms with Gasteiger partial charge in [-0.2, -0.15) is 0 Å². The van der Waals surface area contributed by atoms with E-state index in [-0.39, 0.29) is 0 Å². The van der Waals surface area contributed by atoms with Crippen LogP contribution in [-0.4, -0.2) is 11.4 Å². The largest absolute Gasteiger partial charge is 0.381 e. The first-order valence-corrected chi connectivity index (χ1v) is 5.80. The Bertz CT molecular complexity index is 479. The first-order valence-electron chi connectivity index (χ1n) is 4.58. The summed E-state index contributed by atoms with van der Waals surface area (Å²) < 4.78 is 5.10. The van der Waals surface area contributed by atoms with E-state index in [1.807, 2.05) is 6.07 Å². The van der Waals surface area contributed by atoms with E-state index in [0.717, 1.165) is 5.56 Å². The zero-order valence-corrected chi connectivity index (χ0v) is 9.47. The first kappa shape index (κ1) is 10.1. The second kappa shape index (κ2) is 3.98. The Morgan fingerprint density at radius 3 is 2.67 bits per heavy atom. The van der Waals surface area contributed by atoms with Gasteiger partial charge in [0.25, 0.3) is 0 Å². The molecule has 0 aliphatic rings. The lowest BCUT2D eigenvalue weighted by molar-refractivity contribution is 0.436. The Morgan fingerprint density at radius 1 is 1.33 bits per heavy atom. The van der Waals surface area contributed by atoms with Gasteiger partial charge in [0.05, 0.1) is 0 Å². The molecule has 4 heteroatoms. The van der Waals surface area contributed by atoms with Crippen LogP contribution < -0.4 is 5.73 Å². The predicted octanol–water partition coefficient (Wildman–Crippen LogP) is 2.95. The summed E-state index contributed by atoms with van der Waals surface area (Å²) in [7, 11) is 0. The number of anilines is 1. The summed E-state index contributed by atoms with van der Waals surface area (Å²) in [4.78, 5) is 1.27. The van der Waals surface area contributed by atoms with Crippen LogP contribution in [0.25, 0.3) is 11.3 Å². The summed E-state index contributed by atoms with van der Waals surface area (Å²) >= 11 is 1.73. The van der Waals surface area contributed by atoms with Crippen molar-refractivity contribution < 1.29 is 4.52 Å². The number of hydrogen-bond donors (Lipinski definition) is 1. The summed E-state index contributed by atoms with van der Waals surface area (Å²) in [5.74, 6) is 1.12. The molecule has 0 radical (unpaired) electrons. The van der Waals surface area contributed by atoms with Crippen molar-refractivity contribution in [3.63, 3.8) is 0 Å². The second-order valence-corrected chi connectivity index (χ2v) is 4.15. The van der Waals surface area contributed by atoms with Gasteiger partial charge in [0.2, 0.25) is 0 Å². The summed E-state index contributed by atoms with van der Waals surface area (Å²) in [5.41, 5.74) is 7.74. The van der Waals surface area contributed by atoms with E-state index in [4.69, 9.17) is 10.3 Å². The molecular weight excluding hydrogens is 208 g/mol. The molecule has 78 valence electrons. The van der Waals surface area contributed by atoms with Gasteiger partial charge in [-0.1, -0.05) is 11.2 Å². The minimum Gasteiger partial charge on any atom is -0.381 e. The number of hydrogen-bond acceptors (Lipinski definition) is 4. The summed E-state index contributed by atoms with van der Waals surface area (Å²) in [6.45, 7) is 2.08. The lowest BCUT2D eigenvalue weighted by atomic mass is 10.1. The molecule has 2 N–H and O–H groups in total. The molecule has 0 saturated heterocycles. The standard InChI is InChI=1S/C11H12N2OS/c1-7-5-8(3-4-10(7)15-2)9-6-11(12)13-14-9/h3-6H,1-2H3,(H2,12,13). The molecule has 0 unspecified atom stereocenters. The highest BCUT2D eigenvalue weighted by atomic mass is 32.2. The van der Waals surface area contributed by atoms with Gasteiger partial charge in [0.15, 0.2) is 11.6 Å². The molecule has 2 rings (SSSR count). The molecule has 0 atom stereocenters. The lowest BCUT2D eigenvalue weighted by Crippen LogP contribution is -1.81. The fraction of sp³-hybridized carbons (Fsp3) is 0.182. The minimum atomic E-state index is 0.414. The van der Waals surface area contributed by atoms with Gasteiger partial charge < -0.3 is 10.3 Å². The monoisotopic (exact) mass is 220 g/mol. The third-order valence-corrected chi connectivity index (χ3v) is 3.11. The van der Waals surface area contributed by atoms with E-state index in [1.54, 1.807) is 17.8 Å². The molecule has 0 saturated carbocycles. The van der Waals surface area contributed by atoms with Crippen molar-refractivity contribution in [2.24, 2.45) is 0 Å². The fourth-order valence-electron chi connectivity index (χ4n) is 1.46. The van der Waals surface area contributed by atoms with Crippen LogP contribution >= 0.6 is 11.8 Å². The summed E-state index contributed by atoms with van der Waals surface area (Å²) in [5, 5.41) is 3.66. The van der Waals surface area contributed by atoms with Gasteiger partial charge in [0, 0.05) is 16.5 Å². The lowest BCUT2D eigenvalue weighted by Gasteiger charge is -2.03. The molecule has 1 heterocycles. The number of aryl methyl sites for hydroxylation is 1. The van der Waals surface area contributed by atoms with Crippen molar-refractivity contribution in [1.82, 2.24) is 5.16 Å². The minimum absolute atomic E-state index is 0.414. The van der Waals surface area contributed by atoms with Gasteiger partial charge in [0.1, 0.15) is 0 Å². The van der Waals surface area contributed by atoms with Crippen molar-refractivity contribution in [2.75, 3.05) is 12.0 Å². The molecule has 0 amide bonds. The maximum Gasteiger partial charge on any atom is 0.169 e. The Balaban J connectivity index is 2.42. The predicted molar refractivity (Wildman–Crippen MR) is 62.9 cm³/mol. The van der Waals surface area contributed by atoms with Crippen molar-refractivity contribution >= 4 is 17.6 Å². The average Bonchev–Trinajstić information content (AvgIpc) is 2.65. The highest BCUT2D eigenvalue weighted by Crippen LogP contribution is 2.27. The van der Waals surface area contributed by atoms with Crippen molar-refractivity contribution in [1.29, 1.82) is 0 Å². The van der Waals surface area contributed by atoms with Gasteiger partial charge in [-0.05, 0) is 30.9 Å². The number of nitrogen functional groups attached to an aromatic ring is 1. The molecule has 0 spiro atoms. The van der Waals surface area contributed by atoms with Crippen LogP contribution in [0.1, 0.15) is 5.56 Å². The quantitative estimate of drug-likeness (QED) is 0.790. The third-order valence-electron chi connectivity index (χ3n) is 2.21. The molecule has 3 nitrogen and oxygen atoms in total. The smallest absolute Gasteiger partial charge is 0.169 e. The highest BCUT2D eigenvalue weighted by molar-refractivity contribution is 7.98. The molecule has 0 aliphatic heterocycles. The van der Waals surface area contributed by atoms with E-state index < -0.39 is 0 Å². The summed E-state index contributed by atoms with van der Waals surface area (Å²) in [6, 6.07) is 7.89. The zero-order chi connectivity index (χ0) is 10.8. The van der Waals surface area contributed by atoms with Gasteiger partial charge >= 0.3 is 0 Å². The molecule has 1 aromatic heterocycles. The van der Waals surface area contributed by atoms with E-state index >= 15 is 0 Å². The van der Waals surface area contributed by atoms with Gasteiger partial charge in [-0.25, -0.2) is 0 Å². The van der Waals surface area contributed by atoms with Crippen LogP contribution in [0.15, 0.2) is 33.7 Å². The molecule has 2 aromatic rings. The number of thioether (sulfide) groups is 1. The van der Waals surface area contributed by atoms with E-state index in [2.05, 4.69) is 30.5 Å². The number of nitrogens with zero attached hydrogens (tertiary/aromatic N) is 1. The number of aromatic nitrogens is 1. The van der Waals surface area contributed by atoms with Crippen molar-refractivity contribution in [3.05, 3.63) is 29.8 Å². The molecular formula is C11H12N2OS. The van der Waals surface area contributed by atoms with E-state index in [9.17, 15) is 0 Å². The fourth-order valence-corrected chi connectivity index (χ4v) is 2.04. The van der Waals surface area contributed by atoms with Crippen LogP contribution in [0, 0.1) is 6.92 Å². The maximum absolute atomic E-state index is 5.50. The van der Waals surface area contributed by atoms with Crippen LogP contribution in [0.2, 0.25) is 0 Å². The Kier molecular flexibility index (Phi) is 2.68. The molecule has 15 heavy (non-hydrogen) atoms. The van der Waals surface area contributed by atoms with Crippen molar-refractivity contribution in [2.45, 2.75) is 11.8 Å². The molecule has 0 bridgehead atoms. The van der Waals surface area contributed by atoms with Crippen LogP contribution in [0.4, 0.5) is 5.82 Å². The molecule has 1 aromatic carbocycles. The third kappa shape index (κ3) is 1.99. The Morgan fingerprint density at radius 2 is 2.13 bits per heavy atom. The number of nitrogens with two attached hydrogens (primary N) is 1. The van der Waals surface area contributed by atoms with Crippen LogP contribution in [0.3, 0.4) is 0 Å². The SMILES string of the molecule is CSc1ccc(-c2cc(N)no2)cc1C. The Labute approximate surface area is 92.6 Å². The zero-order valence-electron chi connectivity index (χ0n) is 8.65.